The molecule has 0 aliphatic carbocycles. The first-order valence-corrected chi connectivity index (χ1v) is 6.98. The topological polar surface area (TPSA) is 29.9 Å². The Morgan fingerprint density at radius 3 is 2.63 bits per heavy atom. The molecule has 3 nitrogen and oxygen atoms in total. The van der Waals surface area contributed by atoms with Crippen molar-refractivity contribution in [2.24, 2.45) is 0 Å². The third kappa shape index (κ3) is 3.04. The van der Waals surface area contributed by atoms with Crippen molar-refractivity contribution in [1.29, 1.82) is 0 Å². The summed E-state index contributed by atoms with van der Waals surface area (Å²) in [6.07, 6.45) is 2.98. The van der Waals surface area contributed by atoms with Gasteiger partial charge in [-0.1, -0.05) is 39.0 Å². The summed E-state index contributed by atoms with van der Waals surface area (Å²) in [4.78, 5) is 0. The zero-order valence-corrected chi connectivity index (χ0v) is 12.3. The maximum Gasteiger partial charge on any atom is 0.0678 e. The highest BCUT2D eigenvalue weighted by atomic mass is 15.3. The molecule has 2 aromatic rings. The van der Waals surface area contributed by atoms with Gasteiger partial charge in [0.05, 0.1) is 11.9 Å². The Morgan fingerprint density at radius 2 is 2.00 bits per heavy atom. The van der Waals surface area contributed by atoms with E-state index in [1.807, 2.05) is 6.20 Å². The second-order valence-corrected chi connectivity index (χ2v) is 5.20. The van der Waals surface area contributed by atoms with Crippen LogP contribution in [-0.4, -0.2) is 15.8 Å². The summed E-state index contributed by atoms with van der Waals surface area (Å²) in [7, 11) is 0. The molecule has 0 bridgehead atoms. The van der Waals surface area contributed by atoms with Crippen LogP contribution in [0.3, 0.4) is 0 Å². The van der Waals surface area contributed by atoms with Gasteiger partial charge in [0.15, 0.2) is 0 Å². The molecule has 0 fully saturated rings. The summed E-state index contributed by atoms with van der Waals surface area (Å²) >= 11 is 0. The molecule has 0 saturated carbocycles. The minimum absolute atomic E-state index is 0.492. The molecule has 0 amide bonds. The summed E-state index contributed by atoms with van der Waals surface area (Å²) in [6, 6.07) is 8.88. The largest absolute Gasteiger partial charge is 0.310 e. The van der Waals surface area contributed by atoms with E-state index in [1.54, 1.807) is 0 Å². The molecule has 1 N–H and O–H groups in total. The van der Waals surface area contributed by atoms with Crippen molar-refractivity contribution < 1.29 is 0 Å². The fraction of sp³-hybridized carbons (Fsp3) is 0.438. The zero-order chi connectivity index (χ0) is 13.8. The molecule has 0 unspecified atom stereocenters. The Morgan fingerprint density at radius 1 is 1.26 bits per heavy atom. The fourth-order valence-electron chi connectivity index (χ4n) is 2.25. The summed E-state index contributed by atoms with van der Waals surface area (Å²) < 4.78 is 2.08. The van der Waals surface area contributed by atoms with Crippen LogP contribution in [0.15, 0.2) is 30.5 Å². The van der Waals surface area contributed by atoms with Gasteiger partial charge in [-0.15, -0.1) is 0 Å². The van der Waals surface area contributed by atoms with Crippen LogP contribution < -0.4 is 5.32 Å². The summed E-state index contributed by atoms with van der Waals surface area (Å²) in [5.74, 6) is 0. The average Bonchev–Trinajstić information content (AvgIpc) is 2.79. The van der Waals surface area contributed by atoms with Gasteiger partial charge in [-0.25, -0.2) is 4.68 Å². The van der Waals surface area contributed by atoms with E-state index < -0.39 is 0 Å². The van der Waals surface area contributed by atoms with E-state index in [9.17, 15) is 0 Å². The Hall–Kier alpha value is -1.61. The zero-order valence-electron chi connectivity index (χ0n) is 12.3. The van der Waals surface area contributed by atoms with Crippen molar-refractivity contribution in [2.75, 3.05) is 0 Å². The van der Waals surface area contributed by atoms with E-state index >= 15 is 0 Å². The van der Waals surface area contributed by atoms with Crippen molar-refractivity contribution >= 4 is 0 Å². The standard InChI is InChI=1S/C16H23N3/c1-5-15-14(10-17-12(2)3)11-18-19(15)16-9-7-6-8-13(16)4/h6-9,11-12,17H,5,10H2,1-4H3. The number of benzene rings is 1. The van der Waals surface area contributed by atoms with E-state index in [0.29, 0.717) is 6.04 Å². The molecule has 102 valence electrons. The molecule has 1 heterocycles. The van der Waals surface area contributed by atoms with Gasteiger partial charge >= 0.3 is 0 Å². The first kappa shape index (κ1) is 13.8. The number of hydrogen-bond donors (Lipinski definition) is 1. The minimum Gasteiger partial charge on any atom is -0.310 e. The quantitative estimate of drug-likeness (QED) is 0.891. The number of aromatic nitrogens is 2. The Bertz CT molecular complexity index is 541. The van der Waals surface area contributed by atoms with Crippen molar-refractivity contribution in [3.63, 3.8) is 0 Å². The molecule has 19 heavy (non-hydrogen) atoms. The monoisotopic (exact) mass is 257 g/mol. The van der Waals surface area contributed by atoms with E-state index in [0.717, 1.165) is 13.0 Å². The van der Waals surface area contributed by atoms with Gasteiger partial charge in [-0.3, -0.25) is 0 Å². The average molecular weight is 257 g/mol. The molecule has 0 saturated heterocycles. The number of rotatable bonds is 5. The third-order valence-corrected chi connectivity index (χ3v) is 3.33. The highest BCUT2D eigenvalue weighted by molar-refractivity contribution is 5.41. The van der Waals surface area contributed by atoms with Gasteiger partial charge in [0.2, 0.25) is 0 Å². The van der Waals surface area contributed by atoms with Crippen molar-refractivity contribution in [1.82, 2.24) is 15.1 Å². The van der Waals surface area contributed by atoms with Crippen molar-refractivity contribution in [3.8, 4) is 5.69 Å². The SMILES string of the molecule is CCc1c(CNC(C)C)cnn1-c1ccccc1C. The molecule has 0 spiro atoms. The Balaban J connectivity index is 2.35. The molecule has 2 rings (SSSR count). The molecule has 3 heteroatoms. The van der Waals surface area contributed by atoms with Crippen LogP contribution in [0.1, 0.15) is 37.6 Å². The maximum atomic E-state index is 4.57. The lowest BCUT2D eigenvalue weighted by Crippen LogP contribution is -2.22. The van der Waals surface area contributed by atoms with Gasteiger partial charge < -0.3 is 5.32 Å². The van der Waals surface area contributed by atoms with E-state index in [2.05, 4.69) is 67.1 Å². The van der Waals surface area contributed by atoms with Crippen LogP contribution in [0.2, 0.25) is 0 Å². The third-order valence-electron chi connectivity index (χ3n) is 3.33. The van der Waals surface area contributed by atoms with Crippen LogP contribution >= 0.6 is 0 Å². The van der Waals surface area contributed by atoms with Gasteiger partial charge in [0.1, 0.15) is 0 Å². The number of nitrogens with one attached hydrogen (secondary N) is 1. The normalized spacial score (nSPS) is 11.2. The second-order valence-electron chi connectivity index (χ2n) is 5.20. The first-order chi connectivity index (χ1) is 9.13. The van der Waals surface area contributed by atoms with Gasteiger partial charge in [0, 0.05) is 23.8 Å². The van der Waals surface area contributed by atoms with Gasteiger partial charge in [0.25, 0.3) is 0 Å². The highest BCUT2D eigenvalue weighted by Crippen LogP contribution is 2.18. The van der Waals surface area contributed by atoms with E-state index in [-0.39, 0.29) is 0 Å². The number of para-hydroxylation sites is 1. The molecule has 0 radical (unpaired) electrons. The highest BCUT2D eigenvalue weighted by Gasteiger charge is 2.11. The minimum atomic E-state index is 0.492. The van der Waals surface area contributed by atoms with Gasteiger partial charge in [-0.05, 0) is 25.0 Å². The predicted octanol–water partition coefficient (Wildman–Crippen LogP) is 3.24. The molecular formula is C16H23N3. The Labute approximate surface area is 115 Å². The molecular weight excluding hydrogens is 234 g/mol. The van der Waals surface area contributed by atoms with Crippen molar-refractivity contribution in [2.45, 2.75) is 46.7 Å². The molecule has 1 aromatic carbocycles. The predicted molar refractivity (Wildman–Crippen MR) is 79.7 cm³/mol. The second kappa shape index (κ2) is 6.02. The van der Waals surface area contributed by atoms with Crippen LogP contribution in [0.25, 0.3) is 5.69 Å². The number of aryl methyl sites for hydroxylation is 1. The first-order valence-electron chi connectivity index (χ1n) is 6.98. The number of hydrogen-bond acceptors (Lipinski definition) is 2. The van der Waals surface area contributed by atoms with Crippen LogP contribution in [-0.2, 0) is 13.0 Å². The van der Waals surface area contributed by atoms with Gasteiger partial charge in [-0.2, -0.15) is 5.10 Å². The molecule has 0 atom stereocenters. The summed E-state index contributed by atoms with van der Waals surface area (Å²) in [6.45, 7) is 9.52. The van der Waals surface area contributed by atoms with Crippen LogP contribution in [0.5, 0.6) is 0 Å². The maximum absolute atomic E-state index is 4.57. The summed E-state index contributed by atoms with van der Waals surface area (Å²) in [5, 5.41) is 8.04. The lowest BCUT2D eigenvalue weighted by molar-refractivity contribution is 0.586. The lowest BCUT2D eigenvalue weighted by atomic mass is 10.1. The van der Waals surface area contributed by atoms with E-state index in [1.165, 1.54) is 22.5 Å². The van der Waals surface area contributed by atoms with Crippen LogP contribution in [0, 0.1) is 6.92 Å². The molecule has 0 aliphatic rings. The number of nitrogens with zero attached hydrogens (tertiary/aromatic N) is 2. The lowest BCUT2D eigenvalue weighted by Gasteiger charge is -2.11. The van der Waals surface area contributed by atoms with Crippen molar-refractivity contribution in [3.05, 3.63) is 47.3 Å². The van der Waals surface area contributed by atoms with Crippen LogP contribution in [0.4, 0.5) is 0 Å². The Kier molecular flexibility index (Phi) is 4.38. The fourth-order valence-corrected chi connectivity index (χ4v) is 2.25. The molecule has 1 aromatic heterocycles. The smallest absolute Gasteiger partial charge is 0.0678 e. The molecule has 0 aliphatic heterocycles. The van der Waals surface area contributed by atoms with E-state index in [4.69, 9.17) is 0 Å². The summed E-state index contributed by atoms with van der Waals surface area (Å²) in [5.41, 5.74) is 5.01.